The molecule has 1 saturated carbocycles. The van der Waals surface area contributed by atoms with Crippen LogP contribution in [0.15, 0.2) is 6.33 Å². The fraction of sp³-hybridized carbons (Fsp3) is 0.667. The minimum absolute atomic E-state index is 0.558. The van der Waals surface area contributed by atoms with Crippen LogP contribution in [0.25, 0.3) is 10.2 Å². The number of nitrogens with zero attached hydrogens (tertiary/aromatic N) is 4. The number of thiophene rings is 1. The van der Waals surface area contributed by atoms with E-state index < -0.39 is 11.2 Å². The molecule has 7 nitrogen and oxygen atoms in total. The first-order valence-corrected chi connectivity index (χ1v) is 11.4. The summed E-state index contributed by atoms with van der Waals surface area (Å²) in [7, 11) is 5.97. The third kappa shape index (κ3) is 4.83. The number of ether oxygens (including phenoxy) is 1. The third-order valence-electron chi connectivity index (χ3n) is 5.31. The van der Waals surface area contributed by atoms with Gasteiger partial charge >= 0.3 is 0 Å². The maximum absolute atomic E-state index is 11.4. The van der Waals surface area contributed by atoms with Crippen LogP contribution in [0, 0.1) is 0 Å². The van der Waals surface area contributed by atoms with E-state index >= 15 is 0 Å². The van der Waals surface area contributed by atoms with Crippen molar-refractivity contribution in [1.82, 2.24) is 19.2 Å². The zero-order valence-electron chi connectivity index (χ0n) is 16.3. The minimum atomic E-state index is -1.44. The molecule has 27 heavy (non-hydrogen) atoms. The van der Waals surface area contributed by atoms with Gasteiger partial charge in [0.15, 0.2) is 11.2 Å². The van der Waals surface area contributed by atoms with E-state index in [9.17, 15) is 4.21 Å². The number of hydrogen-bond acceptors (Lipinski definition) is 6. The zero-order chi connectivity index (χ0) is 19.4. The molecule has 0 aromatic carbocycles. The second kappa shape index (κ2) is 9.38. The summed E-state index contributed by atoms with van der Waals surface area (Å²) in [6, 6.07) is 0.888. The average Bonchev–Trinajstić information content (AvgIpc) is 3.07. The molecule has 4 rings (SSSR count). The summed E-state index contributed by atoms with van der Waals surface area (Å²) >= 11 is 0.207. The van der Waals surface area contributed by atoms with Crippen LogP contribution in [0.1, 0.15) is 42.5 Å². The quantitative estimate of drug-likeness (QED) is 0.839. The fourth-order valence-electron chi connectivity index (χ4n) is 3.76. The Labute approximate surface area is 167 Å². The van der Waals surface area contributed by atoms with Crippen molar-refractivity contribution in [3.05, 3.63) is 16.8 Å². The fourth-order valence-corrected chi connectivity index (χ4v) is 5.42. The van der Waals surface area contributed by atoms with Gasteiger partial charge in [-0.3, -0.25) is 0 Å². The Bertz CT molecular complexity index is 789. The predicted molar refractivity (Wildman–Crippen MR) is 111 cm³/mol. The van der Waals surface area contributed by atoms with Gasteiger partial charge in [-0.2, -0.15) is 0 Å². The molecule has 150 valence electrons. The van der Waals surface area contributed by atoms with E-state index in [1.54, 1.807) is 22.8 Å². The molecule has 0 radical (unpaired) electrons. The van der Waals surface area contributed by atoms with E-state index in [0.717, 1.165) is 28.2 Å². The number of nitrogens with two attached hydrogens (primary N) is 1. The highest BCUT2D eigenvalue weighted by molar-refractivity contribution is 7.80. The van der Waals surface area contributed by atoms with Crippen molar-refractivity contribution in [3.63, 3.8) is 0 Å². The summed E-state index contributed by atoms with van der Waals surface area (Å²) in [5, 5.41) is 6.37. The van der Waals surface area contributed by atoms with Crippen LogP contribution in [0.4, 0.5) is 0 Å². The minimum Gasteiger partial charge on any atom is -0.480 e. The molecular weight excluding hydrogens is 382 g/mol. The van der Waals surface area contributed by atoms with Crippen LogP contribution in [0.2, 0.25) is 0 Å². The maximum atomic E-state index is 11.4. The summed E-state index contributed by atoms with van der Waals surface area (Å²) in [5.74, 6) is 0.571. The second-order valence-electron chi connectivity index (χ2n) is 7.21. The number of aromatic nitrogens is 2. The Morgan fingerprint density at radius 1 is 1.30 bits per heavy atom. The lowest BCUT2D eigenvalue weighted by atomic mass is 9.95. The highest BCUT2D eigenvalue weighted by Crippen LogP contribution is 2.37. The van der Waals surface area contributed by atoms with Gasteiger partial charge in [0.05, 0.1) is 12.5 Å². The molecule has 2 aromatic heterocycles. The number of fused-ring (bicyclic) bond motifs is 3. The lowest BCUT2D eigenvalue weighted by Gasteiger charge is -2.27. The molecule has 2 N–H and O–H groups in total. The van der Waals surface area contributed by atoms with Crippen LogP contribution < -0.4 is 9.88 Å². The first-order chi connectivity index (χ1) is 13.0. The van der Waals surface area contributed by atoms with Gasteiger partial charge in [-0.05, 0) is 38.9 Å². The van der Waals surface area contributed by atoms with Crippen molar-refractivity contribution in [2.45, 2.75) is 51.1 Å². The molecule has 0 spiro atoms. The first kappa shape index (κ1) is 20.6. The van der Waals surface area contributed by atoms with Crippen molar-refractivity contribution in [2.75, 3.05) is 27.7 Å². The van der Waals surface area contributed by atoms with Crippen molar-refractivity contribution < 1.29 is 8.95 Å². The molecule has 1 aliphatic heterocycles. The zero-order valence-corrected chi connectivity index (χ0v) is 17.9. The van der Waals surface area contributed by atoms with Crippen molar-refractivity contribution in [2.24, 2.45) is 5.14 Å². The summed E-state index contributed by atoms with van der Waals surface area (Å²) in [4.78, 5) is 12.9. The van der Waals surface area contributed by atoms with Gasteiger partial charge in [0, 0.05) is 24.0 Å². The molecule has 1 atom stereocenters. The van der Waals surface area contributed by atoms with Gasteiger partial charge in [-0.25, -0.2) is 23.6 Å². The molecule has 2 aromatic rings. The molecule has 0 amide bonds. The van der Waals surface area contributed by atoms with Gasteiger partial charge < -0.3 is 9.64 Å². The van der Waals surface area contributed by atoms with Gasteiger partial charge in [-0.1, -0.05) is 19.3 Å². The monoisotopic (exact) mass is 411 g/mol. The molecule has 1 unspecified atom stereocenters. The summed E-state index contributed by atoms with van der Waals surface area (Å²) in [6.07, 6.45) is 9.54. The van der Waals surface area contributed by atoms with E-state index in [-0.39, 0.29) is 0 Å². The normalized spacial score (nSPS) is 19.4. The Balaban J connectivity index is 0.000000197. The number of hydrogen-bond donors (Lipinski definition) is 1. The van der Waals surface area contributed by atoms with Crippen LogP contribution in [0.5, 0.6) is 5.88 Å². The first-order valence-electron chi connectivity index (χ1n) is 9.38. The largest absolute Gasteiger partial charge is 0.480 e. The smallest absolute Gasteiger partial charge is 0.225 e. The highest BCUT2D eigenvalue weighted by Gasteiger charge is 2.25. The van der Waals surface area contributed by atoms with Crippen LogP contribution >= 0.6 is 11.3 Å². The Kier molecular flexibility index (Phi) is 7.16. The topological polar surface area (TPSA) is 84.6 Å². The lowest BCUT2D eigenvalue weighted by Crippen LogP contribution is -2.35. The summed E-state index contributed by atoms with van der Waals surface area (Å²) in [6.45, 7) is 1.26. The molecule has 0 bridgehead atoms. The van der Waals surface area contributed by atoms with Crippen LogP contribution in [-0.2, 0) is 24.1 Å². The van der Waals surface area contributed by atoms with Gasteiger partial charge in [-0.15, -0.1) is 11.3 Å². The molecule has 0 saturated heterocycles. The SMILES string of the molecule is CN(C)C1CCCCC1.COc1ncnc2sc3c(c12)CN(S(N)=O)CC3. The average molecular weight is 412 g/mol. The van der Waals surface area contributed by atoms with Crippen molar-refractivity contribution in [1.29, 1.82) is 0 Å². The van der Waals surface area contributed by atoms with E-state index in [1.807, 2.05) is 0 Å². The second-order valence-corrected chi connectivity index (χ2v) is 9.36. The van der Waals surface area contributed by atoms with E-state index in [4.69, 9.17) is 9.88 Å². The van der Waals surface area contributed by atoms with Crippen molar-refractivity contribution in [3.8, 4) is 5.88 Å². The van der Waals surface area contributed by atoms with Gasteiger partial charge in [0.25, 0.3) is 0 Å². The van der Waals surface area contributed by atoms with E-state index in [2.05, 4.69) is 29.0 Å². The summed E-state index contributed by atoms with van der Waals surface area (Å²) < 4.78 is 18.4. The highest BCUT2D eigenvalue weighted by atomic mass is 32.2. The van der Waals surface area contributed by atoms with Gasteiger partial charge in [0.2, 0.25) is 5.88 Å². The Hall–Kier alpha value is -1.13. The van der Waals surface area contributed by atoms with Gasteiger partial charge in [0.1, 0.15) is 11.2 Å². The molecule has 1 fully saturated rings. The molecule has 9 heteroatoms. The van der Waals surface area contributed by atoms with E-state index in [0.29, 0.717) is 19.0 Å². The Morgan fingerprint density at radius 3 is 2.63 bits per heavy atom. The molecule has 1 aliphatic carbocycles. The predicted octanol–water partition coefficient (Wildman–Crippen LogP) is 2.48. The standard InChI is InChI=1S/C10H12N4O2S2.C8H17N/c1-16-9-8-6-4-14(18(11)15)3-2-7(6)17-10(8)13-5-12-9;1-9(2)8-6-4-3-5-7-8/h5H,2-4,11H2,1H3;8H,3-7H2,1-2H3. The molecule has 2 aliphatic rings. The molecular formula is C18H29N5O2S2. The van der Waals surface area contributed by atoms with Crippen LogP contribution in [-0.4, -0.2) is 57.2 Å². The van der Waals surface area contributed by atoms with E-state index in [1.165, 1.54) is 43.3 Å². The number of methoxy groups -OCH3 is 1. The number of rotatable bonds is 3. The third-order valence-corrected chi connectivity index (χ3v) is 7.33. The molecule has 3 heterocycles. The Morgan fingerprint density at radius 2 is 2.04 bits per heavy atom. The summed E-state index contributed by atoms with van der Waals surface area (Å²) in [5.41, 5.74) is 1.09. The van der Waals surface area contributed by atoms with Crippen molar-refractivity contribution >= 4 is 32.7 Å². The lowest BCUT2D eigenvalue weighted by molar-refractivity contribution is 0.229. The van der Waals surface area contributed by atoms with Crippen LogP contribution in [0.3, 0.4) is 0 Å². The maximum Gasteiger partial charge on any atom is 0.225 e.